The molecule has 1 saturated heterocycles. The summed E-state index contributed by atoms with van der Waals surface area (Å²) in [6.45, 7) is 1.89. The third kappa shape index (κ3) is 3.60. The van der Waals surface area contributed by atoms with Crippen LogP contribution in [0.4, 0.5) is 14.6 Å². The molecule has 150 valence electrons. The lowest BCUT2D eigenvalue weighted by Gasteiger charge is -2.26. The number of nitrogens with one attached hydrogen (secondary N) is 2. The van der Waals surface area contributed by atoms with Crippen LogP contribution in [-0.2, 0) is 4.79 Å². The van der Waals surface area contributed by atoms with Crippen molar-refractivity contribution in [1.29, 1.82) is 0 Å². The number of fused-ring (bicyclic) bond motifs is 1. The first kappa shape index (κ1) is 18.8. The third-order valence-electron chi connectivity index (χ3n) is 4.82. The normalized spacial score (nSPS) is 16.2. The van der Waals surface area contributed by atoms with Gasteiger partial charge < -0.3 is 4.90 Å². The van der Waals surface area contributed by atoms with Crippen molar-refractivity contribution in [2.45, 2.75) is 25.8 Å². The number of rotatable bonds is 3. The van der Waals surface area contributed by atoms with Gasteiger partial charge in [0.25, 0.3) is 5.91 Å². The van der Waals surface area contributed by atoms with Crippen molar-refractivity contribution < 1.29 is 18.4 Å². The summed E-state index contributed by atoms with van der Waals surface area (Å²) in [5.74, 6) is -1.42. The lowest BCUT2D eigenvalue weighted by molar-refractivity contribution is -0.119. The van der Waals surface area contributed by atoms with Crippen LogP contribution in [-0.4, -0.2) is 33.0 Å². The van der Waals surface area contributed by atoms with Crippen molar-refractivity contribution in [2.24, 2.45) is 0 Å². The highest BCUT2D eigenvalue weighted by Crippen LogP contribution is 2.36. The van der Waals surface area contributed by atoms with Gasteiger partial charge in [0.1, 0.15) is 23.0 Å². The van der Waals surface area contributed by atoms with Gasteiger partial charge in [-0.05, 0) is 37.1 Å². The lowest BCUT2D eigenvalue weighted by Crippen LogP contribution is -2.40. The highest BCUT2D eigenvalue weighted by Gasteiger charge is 2.30. The quantitative estimate of drug-likeness (QED) is 0.658. The van der Waals surface area contributed by atoms with E-state index in [2.05, 4.69) is 20.9 Å². The average Bonchev–Trinajstić information content (AvgIpc) is 3.34. The number of hydrogen-bond acceptors (Lipinski definition) is 5. The smallest absolute Gasteiger partial charge is 0.275 e. The molecule has 0 radical (unpaired) electrons. The minimum absolute atomic E-state index is 0.174. The number of benzene rings is 1. The topological polar surface area (TPSA) is 91.6 Å². The van der Waals surface area contributed by atoms with Gasteiger partial charge in [0.2, 0.25) is 5.91 Å². The largest absolute Gasteiger partial charge is 0.349 e. The molecule has 1 aliphatic rings. The molecule has 8 nitrogen and oxygen atoms in total. The van der Waals surface area contributed by atoms with Gasteiger partial charge in [-0.3, -0.25) is 20.4 Å². The molecule has 1 fully saturated rings. The van der Waals surface area contributed by atoms with Crippen molar-refractivity contribution >= 4 is 23.3 Å². The number of amides is 2. The molecule has 2 N–H and O–H groups in total. The molecular weight excluding hydrogens is 382 g/mol. The van der Waals surface area contributed by atoms with Crippen LogP contribution >= 0.6 is 0 Å². The van der Waals surface area contributed by atoms with E-state index in [9.17, 15) is 18.4 Å². The van der Waals surface area contributed by atoms with E-state index in [1.807, 2.05) is 4.90 Å². The number of carbonyl (C=O) groups is 2. The fraction of sp³-hybridized carbons (Fsp3) is 0.263. The Morgan fingerprint density at radius 3 is 2.83 bits per heavy atom. The molecular formula is C19H18F2N6O2. The van der Waals surface area contributed by atoms with Crippen LogP contribution in [0.2, 0.25) is 0 Å². The number of hydrogen-bond donors (Lipinski definition) is 2. The van der Waals surface area contributed by atoms with Gasteiger partial charge in [-0.2, -0.15) is 5.10 Å². The van der Waals surface area contributed by atoms with E-state index >= 15 is 0 Å². The summed E-state index contributed by atoms with van der Waals surface area (Å²) in [5.41, 5.74) is 5.24. The van der Waals surface area contributed by atoms with E-state index in [1.54, 1.807) is 12.3 Å². The van der Waals surface area contributed by atoms with Gasteiger partial charge in [-0.25, -0.2) is 18.3 Å². The van der Waals surface area contributed by atoms with Crippen LogP contribution in [0.3, 0.4) is 0 Å². The molecule has 3 aromatic rings. The Morgan fingerprint density at radius 1 is 1.21 bits per heavy atom. The zero-order valence-electron chi connectivity index (χ0n) is 15.5. The molecule has 1 unspecified atom stereocenters. The molecule has 0 aliphatic carbocycles. The van der Waals surface area contributed by atoms with Gasteiger partial charge in [0.05, 0.1) is 12.2 Å². The Bertz CT molecular complexity index is 1100. The summed E-state index contributed by atoms with van der Waals surface area (Å²) in [6, 6.07) is 4.78. The summed E-state index contributed by atoms with van der Waals surface area (Å²) in [5, 5.41) is 4.09. The van der Waals surface area contributed by atoms with Crippen LogP contribution in [0.15, 0.2) is 36.7 Å². The first-order chi connectivity index (χ1) is 13.9. The standard InChI is InChI=1S/C19H18F2N6O2/c1-11(28)24-25-19(29)14-10-22-27-8-6-17(23-18(14)27)26-7-2-3-16(26)13-9-12(20)4-5-15(13)21/h4-6,8-10,16H,2-3,7H2,1H3,(H,24,28)(H,25,29). The number of halogens is 2. The molecule has 3 heterocycles. The molecule has 1 aromatic carbocycles. The molecule has 0 bridgehead atoms. The first-order valence-electron chi connectivity index (χ1n) is 9.07. The van der Waals surface area contributed by atoms with Crippen molar-refractivity contribution in [3.63, 3.8) is 0 Å². The summed E-state index contributed by atoms with van der Waals surface area (Å²) >= 11 is 0. The van der Waals surface area contributed by atoms with Crippen molar-refractivity contribution in [2.75, 3.05) is 11.4 Å². The van der Waals surface area contributed by atoms with E-state index in [0.717, 1.165) is 18.6 Å². The molecule has 2 amide bonds. The van der Waals surface area contributed by atoms with Crippen molar-refractivity contribution in [3.05, 3.63) is 59.4 Å². The molecule has 29 heavy (non-hydrogen) atoms. The molecule has 2 aromatic heterocycles. The van der Waals surface area contributed by atoms with Gasteiger partial charge in [-0.15, -0.1) is 0 Å². The van der Waals surface area contributed by atoms with E-state index in [0.29, 0.717) is 18.8 Å². The van der Waals surface area contributed by atoms with Crippen LogP contribution in [0.25, 0.3) is 5.65 Å². The predicted molar refractivity (Wildman–Crippen MR) is 99.9 cm³/mol. The van der Waals surface area contributed by atoms with Crippen LogP contribution in [0.5, 0.6) is 0 Å². The molecule has 0 spiro atoms. The Kier molecular flexibility index (Phi) is 4.83. The number of aromatic nitrogens is 3. The zero-order valence-corrected chi connectivity index (χ0v) is 15.5. The number of hydrazine groups is 1. The van der Waals surface area contributed by atoms with Gasteiger partial charge >= 0.3 is 0 Å². The average molecular weight is 400 g/mol. The maximum atomic E-state index is 14.3. The number of nitrogens with zero attached hydrogens (tertiary/aromatic N) is 4. The zero-order chi connectivity index (χ0) is 20.5. The van der Waals surface area contributed by atoms with E-state index in [1.165, 1.54) is 23.7 Å². The maximum Gasteiger partial charge on any atom is 0.275 e. The van der Waals surface area contributed by atoms with Crippen molar-refractivity contribution in [1.82, 2.24) is 25.4 Å². The molecule has 1 aliphatic heterocycles. The number of carbonyl (C=O) groups excluding carboxylic acids is 2. The maximum absolute atomic E-state index is 14.3. The first-order valence-corrected chi connectivity index (χ1v) is 9.07. The highest BCUT2D eigenvalue weighted by atomic mass is 19.1. The Morgan fingerprint density at radius 2 is 2.03 bits per heavy atom. The summed E-state index contributed by atoms with van der Waals surface area (Å²) in [7, 11) is 0. The summed E-state index contributed by atoms with van der Waals surface area (Å²) in [6.07, 6.45) is 4.44. The minimum Gasteiger partial charge on any atom is -0.349 e. The van der Waals surface area contributed by atoms with Gasteiger partial charge in [-0.1, -0.05) is 0 Å². The number of anilines is 1. The molecule has 10 heteroatoms. The van der Waals surface area contributed by atoms with Crippen LogP contribution in [0, 0.1) is 11.6 Å². The minimum atomic E-state index is -0.561. The second-order valence-corrected chi connectivity index (χ2v) is 6.76. The van der Waals surface area contributed by atoms with Crippen LogP contribution < -0.4 is 15.8 Å². The van der Waals surface area contributed by atoms with E-state index in [4.69, 9.17) is 0 Å². The SMILES string of the molecule is CC(=O)NNC(=O)c1cnn2ccc(N3CCCC3c3cc(F)ccc3F)nc12. The second kappa shape index (κ2) is 7.46. The molecule has 0 saturated carbocycles. The fourth-order valence-electron chi connectivity index (χ4n) is 3.53. The highest BCUT2D eigenvalue weighted by molar-refractivity contribution is 6.00. The Hall–Kier alpha value is -3.56. The lowest BCUT2D eigenvalue weighted by atomic mass is 10.0. The van der Waals surface area contributed by atoms with E-state index in [-0.39, 0.29) is 22.8 Å². The van der Waals surface area contributed by atoms with Crippen molar-refractivity contribution in [3.8, 4) is 0 Å². The predicted octanol–water partition coefficient (Wildman–Crippen LogP) is 2.13. The summed E-state index contributed by atoms with van der Waals surface area (Å²) in [4.78, 5) is 29.7. The summed E-state index contributed by atoms with van der Waals surface area (Å²) < 4.78 is 29.4. The van der Waals surface area contributed by atoms with Crippen LogP contribution in [0.1, 0.15) is 41.7 Å². The van der Waals surface area contributed by atoms with Gasteiger partial charge in [0, 0.05) is 25.2 Å². The third-order valence-corrected chi connectivity index (χ3v) is 4.82. The Labute approximate surface area is 164 Å². The fourth-order valence-corrected chi connectivity index (χ4v) is 3.53. The second-order valence-electron chi connectivity index (χ2n) is 6.76. The monoisotopic (exact) mass is 400 g/mol. The van der Waals surface area contributed by atoms with Gasteiger partial charge in [0.15, 0.2) is 5.65 Å². The Balaban J connectivity index is 1.68. The van der Waals surface area contributed by atoms with E-state index < -0.39 is 23.4 Å². The molecule has 1 atom stereocenters. The molecule has 4 rings (SSSR count).